The van der Waals surface area contributed by atoms with Gasteiger partial charge < -0.3 is 9.08 Å². The molecule has 8 heteroatoms. The normalized spacial score (nSPS) is 11.2. The number of hydrogen-bond donors (Lipinski definition) is 1. The number of nitrogens with zero attached hydrogens (tertiary/aromatic N) is 2. The second-order valence-corrected chi connectivity index (χ2v) is 6.05. The SMILES string of the molecule is Cc1cc(=O)[nH]c(S(=O)(=O)Oc2ccccc2N(C)C)n1. The summed E-state index contributed by atoms with van der Waals surface area (Å²) in [6.45, 7) is 1.53. The smallest absolute Gasteiger partial charge is 0.373 e. The summed E-state index contributed by atoms with van der Waals surface area (Å²) in [4.78, 5) is 19.0. The molecule has 0 unspecified atom stereocenters. The zero-order valence-corrected chi connectivity index (χ0v) is 12.6. The third kappa shape index (κ3) is 3.40. The van der Waals surface area contributed by atoms with Crippen LogP contribution in [-0.4, -0.2) is 32.5 Å². The molecule has 0 aliphatic rings. The molecule has 0 saturated carbocycles. The van der Waals surface area contributed by atoms with Crippen LogP contribution in [0.4, 0.5) is 5.69 Å². The van der Waals surface area contributed by atoms with Crippen LogP contribution in [0.1, 0.15) is 5.69 Å². The Hall–Kier alpha value is -2.35. The van der Waals surface area contributed by atoms with Gasteiger partial charge in [-0.15, -0.1) is 0 Å². The highest BCUT2D eigenvalue weighted by molar-refractivity contribution is 7.86. The van der Waals surface area contributed by atoms with Gasteiger partial charge in [-0.1, -0.05) is 12.1 Å². The van der Waals surface area contributed by atoms with Gasteiger partial charge in [0, 0.05) is 25.9 Å². The lowest BCUT2D eigenvalue weighted by Gasteiger charge is -2.16. The Morgan fingerprint density at radius 1 is 1.24 bits per heavy atom. The summed E-state index contributed by atoms with van der Waals surface area (Å²) >= 11 is 0. The molecule has 0 spiro atoms. The number of aryl methyl sites for hydroxylation is 1. The first-order valence-corrected chi connectivity index (χ1v) is 7.49. The van der Waals surface area contributed by atoms with Gasteiger partial charge in [0.15, 0.2) is 5.75 Å². The summed E-state index contributed by atoms with van der Waals surface area (Å²) in [7, 11) is -0.677. The molecule has 0 fully saturated rings. The fraction of sp³-hybridized carbons (Fsp3) is 0.231. The second-order valence-electron chi connectivity index (χ2n) is 4.59. The Morgan fingerprint density at radius 2 is 1.90 bits per heavy atom. The predicted octanol–water partition coefficient (Wildman–Crippen LogP) is 0.912. The topological polar surface area (TPSA) is 92.4 Å². The Balaban J connectivity index is 2.45. The first-order valence-electron chi connectivity index (χ1n) is 6.08. The van der Waals surface area contributed by atoms with Crippen molar-refractivity contribution < 1.29 is 12.6 Å². The molecule has 2 rings (SSSR count). The number of aromatic amines is 1. The summed E-state index contributed by atoms with van der Waals surface area (Å²) in [5.74, 6) is 0.159. The van der Waals surface area contributed by atoms with E-state index in [1.165, 1.54) is 19.1 Å². The standard InChI is InChI=1S/C13H15N3O4S/c1-9-8-12(17)15-13(14-9)21(18,19)20-11-7-5-4-6-10(11)16(2)3/h4-8H,1-3H3,(H,14,15,17). The van der Waals surface area contributed by atoms with E-state index in [1.807, 2.05) is 0 Å². The zero-order valence-electron chi connectivity index (χ0n) is 11.8. The summed E-state index contributed by atoms with van der Waals surface area (Å²) in [5.41, 5.74) is 0.337. The van der Waals surface area contributed by atoms with Crippen LogP contribution in [0.5, 0.6) is 5.75 Å². The largest absolute Gasteiger partial charge is 0.375 e. The van der Waals surface area contributed by atoms with E-state index in [9.17, 15) is 13.2 Å². The molecule has 21 heavy (non-hydrogen) atoms. The van der Waals surface area contributed by atoms with Crippen LogP contribution in [0, 0.1) is 6.92 Å². The Kier molecular flexibility index (Phi) is 3.99. The Bertz CT molecular complexity index is 812. The van der Waals surface area contributed by atoms with E-state index in [0.29, 0.717) is 11.4 Å². The Morgan fingerprint density at radius 3 is 2.52 bits per heavy atom. The van der Waals surface area contributed by atoms with Crippen molar-refractivity contribution >= 4 is 15.8 Å². The minimum atomic E-state index is -4.21. The number of rotatable bonds is 4. The molecule has 112 valence electrons. The highest BCUT2D eigenvalue weighted by atomic mass is 32.2. The number of para-hydroxylation sites is 2. The maximum absolute atomic E-state index is 12.2. The summed E-state index contributed by atoms with van der Waals surface area (Å²) in [6.07, 6.45) is 0. The molecule has 1 N–H and O–H groups in total. The van der Waals surface area contributed by atoms with E-state index in [-0.39, 0.29) is 5.75 Å². The van der Waals surface area contributed by atoms with Gasteiger partial charge in [0.1, 0.15) is 0 Å². The number of H-pyrrole nitrogens is 1. The number of nitrogens with one attached hydrogen (secondary N) is 1. The van der Waals surface area contributed by atoms with Crippen molar-refractivity contribution in [2.24, 2.45) is 0 Å². The quantitative estimate of drug-likeness (QED) is 0.666. The van der Waals surface area contributed by atoms with E-state index in [4.69, 9.17) is 4.18 Å². The highest BCUT2D eigenvalue weighted by Gasteiger charge is 2.22. The number of anilines is 1. The molecule has 7 nitrogen and oxygen atoms in total. The summed E-state index contributed by atoms with van der Waals surface area (Å²) < 4.78 is 29.5. The fourth-order valence-electron chi connectivity index (χ4n) is 1.72. The third-order valence-corrected chi connectivity index (χ3v) is 3.70. The van der Waals surface area contributed by atoms with Crippen molar-refractivity contribution in [3.63, 3.8) is 0 Å². The van der Waals surface area contributed by atoms with Crippen LogP contribution in [0.2, 0.25) is 0 Å². The van der Waals surface area contributed by atoms with Crippen LogP contribution in [0.25, 0.3) is 0 Å². The lowest BCUT2D eigenvalue weighted by molar-refractivity contribution is 0.476. The monoisotopic (exact) mass is 309 g/mol. The van der Waals surface area contributed by atoms with Gasteiger partial charge in [0.25, 0.3) is 10.7 Å². The van der Waals surface area contributed by atoms with Crippen LogP contribution >= 0.6 is 0 Å². The zero-order chi connectivity index (χ0) is 15.6. The number of benzene rings is 1. The highest BCUT2D eigenvalue weighted by Crippen LogP contribution is 2.28. The first-order chi connectivity index (χ1) is 9.79. The number of aromatic nitrogens is 2. The van der Waals surface area contributed by atoms with E-state index in [1.54, 1.807) is 37.2 Å². The van der Waals surface area contributed by atoms with E-state index < -0.39 is 20.8 Å². The molecule has 0 aliphatic heterocycles. The van der Waals surface area contributed by atoms with Crippen molar-refractivity contribution in [1.29, 1.82) is 0 Å². The number of hydrogen-bond acceptors (Lipinski definition) is 6. The fourth-order valence-corrected chi connectivity index (χ4v) is 2.66. The summed E-state index contributed by atoms with van der Waals surface area (Å²) in [6, 6.07) is 7.87. The lowest BCUT2D eigenvalue weighted by Crippen LogP contribution is -2.20. The van der Waals surface area contributed by atoms with E-state index in [2.05, 4.69) is 9.97 Å². The maximum atomic E-state index is 12.2. The minimum Gasteiger partial charge on any atom is -0.375 e. The molecule has 1 aromatic carbocycles. The minimum absolute atomic E-state index is 0.159. The molecule has 1 aromatic heterocycles. The predicted molar refractivity (Wildman–Crippen MR) is 78.2 cm³/mol. The molecule has 2 aromatic rings. The van der Waals surface area contributed by atoms with E-state index >= 15 is 0 Å². The van der Waals surface area contributed by atoms with Crippen molar-refractivity contribution in [2.45, 2.75) is 12.1 Å². The van der Waals surface area contributed by atoms with Gasteiger partial charge in [-0.2, -0.15) is 8.42 Å². The van der Waals surface area contributed by atoms with Gasteiger partial charge in [0.05, 0.1) is 5.69 Å². The first kappa shape index (κ1) is 15.0. The van der Waals surface area contributed by atoms with Crippen molar-refractivity contribution in [1.82, 2.24) is 9.97 Å². The van der Waals surface area contributed by atoms with Crippen molar-refractivity contribution in [3.05, 3.63) is 46.4 Å². The van der Waals surface area contributed by atoms with Gasteiger partial charge in [-0.05, 0) is 19.1 Å². The van der Waals surface area contributed by atoms with E-state index in [0.717, 1.165) is 0 Å². The van der Waals surface area contributed by atoms with Crippen LogP contribution in [0.15, 0.2) is 40.3 Å². The average Bonchev–Trinajstić information content (AvgIpc) is 2.37. The molecule has 0 radical (unpaired) electrons. The van der Waals surface area contributed by atoms with Gasteiger partial charge in [0.2, 0.25) is 0 Å². The van der Waals surface area contributed by atoms with Crippen LogP contribution < -0.4 is 14.6 Å². The van der Waals surface area contributed by atoms with Gasteiger partial charge >= 0.3 is 10.1 Å². The molecule has 0 amide bonds. The molecule has 0 aliphatic carbocycles. The van der Waals surface area contributed by atoms with Crippen molar-refractivity contribution in [2.75, 3.05) is 19.0 Å². The van der Waals surface area contributed by atoms with Crippen molar-refractivity contribution in [3.8, 4) is 5.75 Å². The molecular weight excluding hydrogens is 294 g/mol. The van der Waals surface area contributed by atoms with Crippen LogP contribution in [-0.2, 0) is 10.1 Å². The molecule has 0 saturated heterocycles. The summed E-state index contributed by atoms with van der Waals surface area (Å²) in [5, 5.41) is -0.513. The Labute approximate surface area is 122 Å². The molecule has 0 atom stereocenters. The molecule has 0 bridgehead atoms. The average molecular weight is 309 g/mol. The van der Waals surface area contributed by atoms with Gasteiger partial charge in [-0.3, -0.25) is 9.78 Å². The lowest BCUT2D eigenvalue weighted by atomic mass is 10.3. The second kappa shape index (κ2) is 5.57. The van der Waals surface area contributed by atoms with Gasteiger partial charge in [-0.25, -0.2) is 4.98 Å². The third-order valence-electron chi connectivity index (χ3n) is 2.63. The van der Waals surface area contributed by atoms with Crippen LogP contribution in [0.3, 0.4) is 0 Å². The molecule has 1 heterocycles. The maximum Gasteiger partial charge on any atom is 0.373 e. The molecular formula is C13H15N3O4S.